The lowest BCUT2D eigenvalue weighted by Gasteiger charge is -2.37. The molecule has 4 atom stereocenters. The highest BCUT2D eigenvalue weighted by molar-refractivity contribution is 6.06. The summed E-state index contributed by atoms with van der Waals surface area (Å²) in [6, 6.07) is 3.46. The standard InChI is InChI=1S/C15H14N2O3/c18-14-12-9-3-4-10(6-5-9)13(12)15(19)17(14)16-8-11-2-1-7-20-11/h1-4,7-10,12-13H,5-6H2/b16-8-/t9-,10-,12+,13+/m1/s1. The van der Waals surface area contributed by atoms with E-state index in [1.807, 2.05) is 0 Å². The summed E-state index contributed by atoms with van der Waals surface area (Å²) in [7, 11) is 0. The van der Waals surface area contributed by atoms with E-state index >= 15 is 0 Å². The van der Waals surface area contributed by atoms with Crippen LogP contribution in [-0.2, 0) is 9.59 Å². The molecule has 0 unspecified atom stereocenters. The summed E-state index contributed by atoms with van der Waals surface area (Å²) in [5, 5.41) is 5.07. The summed E-state index contributed by atoms with van der Waals surface area (Å²) in [4.78, 5) is 24.9. The molecule has 2 amide bonds. The summed E-state index contributed by atoms with van der Waals surface area (Å²) in [5.41, 5.74) is 0. The van der Waals surface area contributed by atoms with E-state index in [0.717, 1.165) is 17.9 Å². The summed E-state index contributed by atoms with van der Waals surface area (Å²) in [5.74, 6) is 0.181. The molecule has 1 aromatic heterocycles. The normalized spacial score (nSPS) is 35.3. The fourth-order valence-electron chi connectivity index (χ4n) is 3.65. The van der Waals surface area contributed by atoms with Crippen LogP contribution in [0, 0.1) is 23.7 Å². The number of fused-ring (bicyclic) bond motifs is 1. The van der Waals surface area contributed by atoms with Crippen molar-refractivity contribution in [1.29, 1.82) is 0 Å². The van der Waals surface area contributed by atoms with E-state index in [-0.39, 0.29) is 35.5 Å². The van der Waals surface area contributed by atoms with E-state index < -0.39 is 0 Å². The molecule has 0 N–H and O–H groups in total. The maximum absolute atomic E-state index is 12.4. The first kappa shape index (κ1) is 11.6. The quantitative estimate of drug-likeness (QED) is 0.468. The van der Waals surface area contributed by atoms with Gasteiger partial charge in [-0.2, -0.15) is 10.1 Å². The third-order valence-corrected chi connectivity index (χ3v) is 4.58. The summed E-state index contributed by atoms with van der Waals surface area (Å²) in [6.07, 6.45) is 9.13. The smallest absolute Gasteiger partial charge is 0.254 e. The van der Waals surface area contributed by atoms with Gasteiger partial charge in [-0.05, 0) is 36.8 Å². The van der Waals surface area contributed by atoms with Crippen molar-refractivity contribution in [3.8, 4) is 0 Å². The Morgan fingerprint density at radius 1 is 1.15 bits per heavy atom. The molecule has 20 heavy (non-hydrogen) atoms. The summed E-state index contributed by atoms with van der Waals surface area (Å²) >= 11 is 0. The highest BCUT2D eigenvalue weighted by atomic mass is 16.3. The van der Waals surface area contributed by atoms with Crippen molar-refractivity contribution >= 4 is 18.0 Å². The minimum atomic E-state index is -0.208. The Kier molecular flexibility index (Phi) is 2.42. The van der Waals surface area contributed by atoms with Crippen molar-refractivity contribution in [3.63, 3.8) is 0 Å². The van der Waals surface area contributed by atoms with Crippen LogP contribution in [0.4, 0.5) is 0 Å². The average Bonchev–Trinajstić information content (AvgIpc) is 3.08. The molecular formula is C15H14N2O3. The van der Waals surface area contributed by atoms with Crippen molar-refractivity contribution in [2.24, 2.45) is 28.8 Å². The molecule has 2 bridgehead atoms. The molecule has 1 aromatic rings. The van der Waals surface area contributed by atoms with Gasteiger partial charge in [-0.1, -0.05) is 12.2 Å². The summed E-state index contributed by atoms with van der Waals surface area (Å²) in [6.45, 7) is 0. The molecule has 102 valence electrons. The molecule has 1 saturated heterocycles. The Morgan fingerprint density at radius 2 is 1.80 bits per heavy atom. The van der Waals surface area contributed by atoms with E-state index in [4.69, 9.17) is 4.42 Å². The van der Waals surface area contributed by atoms with E-state index in [0.29, 0.717) is 5.76 Å². The fourth-order valence-corrected chi connectivity index (χ4v) is 3.65. The lowest BCUT2D eigenvalue weighted by Crippen LogP contribution is -2.38. The largest absolute Gasteiger partial charge is 0.463 e. The van der Waals surface area contributed by atoms with Crippen molar-refractivity contribution < 1.29 is 14.0 Å². The number of hydrogen-bond donors (Lipinski definition) is 0. The van der Waals surface area contributed by atoms with Gasteiger partial charge >= 0.3 is 0 Å². The summed E-state index contributed by atoms with van der Waals surface area (Å²) < 4.78 is 5.13. The van der Waals surface area contributed by atoms with Gasteiger partial charge in [-0.25, -0.2) is 0 Å². The number of rotatable bonds is 2. The van der Waals surface area contributed by atoms with Crippen LogP contribution < -0.4 is 0 Å². The molecule has 3 aliphatic carbocycles. The molecule has 0 aromatic carbocycles. The Balaban J connectivity index is 1.64. The lowest BCUT2D eigenvalue weighted by molar-refractivity contribution is -0.140. The number of furan rings is 1. The van der Waals surface area contributed by atoms with Crippen molar-refractivity contribution in [2.75, 3.05) is 0 Å². The fraction of sp³-hybridized carbons (Fsp3) is 0.400. The SMILES string of the molecule is O=C1[C@@H]2[C@@H](C(=O)N1/N=C\c1ccco1)[C@@H]1C=C[C@@H]2CC1. The second-order valence-electron chi connectivity index (χ2n) is 5.59. The van der Waals surface area contributed by atoms with E-state index in [1.54, 1.807) is 12.1 Å². The average molecular weight is 270 g/mol. The number of hydrazone groups is 1. The number of allylic oxidation sites excluding steroid dienone is 2. The van der Waals surface area contributed by atoms with Crippen LogP contribution in [-0.4, -0.2) is 23.0 Å². The second-order valence-corrected chi connectivity index (χ2v) is 5.59. The van der Waals surface area contributed by atoms with Crippen LogP contribution in [0.15, 0.2) is 40.1 Å². The number of imide groups is 1. The Hall–Kier alpha value is -2.17. The van der Waals surface area contributed by atoms with Gasteiger partial charge in [-0.15, -0.1) is 0 Å². The zero-order valence-corrected chi connectivity index (χ0v) is 10.8. The second kappa shape index (κ2) is 4.16. The van der Waals surface area contributed by atoms with Gasteiger partial charge in [0, 0.05) is 0 Å². The van der Waals surface area contributed by atoms with Crippen molar-refractivity contribution in [1.82, 2.24) is 5.01 Å². The maximum Gasteiger partial charge on any atom is 0.254 e. The van der Waals surface area contributed by atoms with Crippen LogP contribution in [0.1, 0.15) is 18.6 Å². The molecule has 5 nitrogen and oxygen atoms in total. The number of carbonyl (C=O) groups is 2. The number of nitrogens with zero attached hydrogens (tertiary/aromatic N) is 2. The molecule has 1 saturated carbocycles. The van der Waals surface area contributed by atoms with Gasteiger partial charge in [-0.3, -0.25) is 9.59 Å². The first-order valence-electron chi connectivity index (χ1n) is 6.89. The molecular weight excluding hydrogens is 256 g/mol. The first-order chi connectivity index (χ1) is 9.75. The molecule has 5 heteroatoms. The number of hydrogen-bond acceptors (Lipinski definition) is 4. The zero-order valence-electron chi connectivity index (χ0n) is 10.8. The van der Waals surface area contributed by atoms with Gasteiger partial charge in [0.2, 0.25) is 0 Å². The van der Waals surface area contributed by atoms with E-state index in [1.165, 1.54) is 12.5 Å². The van der Waals surface area contributed by atoms with Gasteiger partial charge in [0.1, 0.15) is 5.76 Å². The Bertz CT molecular complexity index is 585. The van der Waals surface area contributed by atoms with Crippen molar-refractivity contribution in [2.45, 2.75) is 12.8 Å². The maximum atomic E-state index is 12.4. The van der Waals surface area contributed by atoms with Crippen LogP contribution in [0.3, 0.4) is 0 Å². The molecule has 1 aliphatic heterocycles. The Labute approximate surface area is 115 Å². The minimum absolute atomic E-state index is 0.165. The third kappa shape index (κ3) is 1.52. The molecule has 0 spiro atoms. The van der Waals surface area contributed by atoms with Crippen LogP contribution in [0.2, 0.25) is 0 Å². The zero-order chi connectivity index (χ0) is 13.7. The van der Waals surface area contributed by atoms with E-state index in [2.05, 4.69) is 17.3 Å². The molecule has 4 aliphatic rings. The Morgan fingerprint density at radius 3 is 2.30 bits per heavy atom. The minimum Gasteiger partial charge on any atom is -0.463 e. The molecule has 2 fully saturated rings. The number of amides is 2. The van der Waals surface area contributed by atoms with Gasteiger partial charge < -0.3 is 4.42 Å². The molecule has 5 rings (SSSR count). The third-order valence-electron chi connectivity index (χ3n) is 4.58. The molecule has 0 radical (unpaired) electrons. The predicted molar refractivity (Wildman–Crippen MR) is 70.5 cm³/mol. The van der Waals surface area contributed by atoms with Crippen molar-refractivity contribution in [3.05, 3.63) is 36.3 Å². The van der Waals surface area contributed by atoms with E-state index in [9.17, 15) is 9.59 Å². The van der Waals surface area contributed by atoms with Gasteiger partial charge in [0.05, 0.1) is 24.3 Å². The monoisotopic (exact) mass is 270 g/mol. The van der Waals surface area contributed by atoms with Gasteiger partial charge in [0.15, 0.2) is 0 Å². The van der Waals surface area contributed by atoms with Crippen LogP contribution in [0.5, 0.6) is 0 Å². The van der Waals surface area contributed by atoms with Crippen LogP contribution >= 0.6 is 0 Å². The van der Waals surface area contributed by atoms with Gasteiger partial charge in [0.25, 0.3) is 11.8 Å². The predicted octanol–water partition coefficient (Wildman–Crippen LogP) is 1.81. The topological polar surface area (TPSA) is 62.9 Å². The molecule has 2 heterocycles. The highest BCUT2D eigenvalue weighted by Crippen LogP contribution is 2.49. The first-order valence-corrected chi connectivity index (χ1v) is 6.89. The highest BCUT2D eigenvalue weighted by Gasteiger charge is 2.56. The lowest BCUT2D eigenvalue weighted by atomic mass is 9.63. The number of carbonyl (C=O) groups excluding carboxylic acids is 2. The van der Waals surface area contributed by atoms with Crippen LogP contribution in [0.25, 0.3) is 0 Å².